The standard InChI is InChI=1S/C16H14N2O3/c19-15(17-11-7-3-1-4-8-11)13-14(21-13)16(20)18-12-9-5-2-6-10-12/h1-10,13-14H,(H,17,19)(H,18,20). The molecule has 3 rings (SSSR count). The van der Waals surface area contributed by atoms with Gasteiger partial charge in [-0.15, -0.1) is 0 Å². The lowest BCUT2D eigenvalue weighted by Crippen LogP contribution is -2.26. The van der Waals surface area contributed by atoms with Crippen molar-refractivity contribution in [2.24, 2.45) is 0 Å². The first kappa shape index (κ1) is 13.3. The topological polar surface area (TPSA) is 70.7 Å². The third kappa shape index (κ3) is 3.27. The number of hydrogen-bond acceptors (Lipinski definition) is 3. The molecule has 2 unspecified atom stereocenters. The van der Waals surface area contributed by atoms with Gasteiger partial charge in [-0.25, -0.2) is 0 Å². The molecular formula is C16H14N2O3. The number of amides is 2. The molecule has 2 aromatic carbocycles. The first-order chi connectivity index (χ1) is 10.2. The van der Waals surface area contributed by atoms with Crippen molar-refractivity contribution < 1.29 is 14.3 Å². The zero-order valence-electron chi connectivity index (χ0n) is 11.2. The number of ether oxygens (including phenoxy) is 1. The fourth-order valence-corrected chi connectivity index (χ4v) is 1.98. The van der Waals surface area contributed by atoms with Gasteiger partial charge in [-0.05, 0) is 24.3 Å². The Morgan fingerprint density at radius 2 is 1.10 bits per heavy atom. The number of rotatable bonds is 4. The van der Waals surface area contributed by atoms with Crippen LogP contribution >= 0.6 is 0 Å². The zero-order chi connectivity index (χ0) is 14.7. The Balaban J connectivity index is 1.54. The second-order valence-corrected chi connectivity index (χ2v) is 4.69. The summed E-state index contributed by atoms with van der Waals surface area (Å²) in [7, 11) is 0. The highest BCUT2D eigenvalue weighted by Gasteiger charge is 2.50. The summed E-state index contributed by atoms with van der Waals surface area (Å²) in [6.07, 6.45) is -1.46. The normalized spacial score (nSPS) is 19.6. The van der Waals surface area contributed by atoms with Crippen LogP contribution in [0.4, 0.5) is 11.4 Å². The van der Waals surface area contributed by atoms with E-state index in [0.29, 0.717) is 11.4 Å². The first-order valence-corrected chi connectivity index (χ1v) is 6.61. The summed E-state index contributed by atoms with van der Waals surface area (Å²) >= 11 is 0. The number of carbonyl (C=O) groups excluding carboxylic acids is 2. The van der Waals surface area contributed by atoms with Gasteiger partial charge in [0.05, 0.1) is 0 Å². The SMILES string of the molecule is O=C(Nc1ccccc1)C1OC1C(=O)Nc1ccccc1. The molecule has 2 aromatic rings. The minimum absolute atomic E-state index is 0.311. The van der Waals surface area contributed by atoms with Crippen LogP contribution in [0.15, 0.2) is 60.7 Å². The average molecular weight is 282 g/mol. The number of benzene rings is 2. The van der Waals surface area contributed by atoms with E-state index in [1.165, 1.54) is 0 Å². The highest BCUT2D eigenvalue weighted by molar-refractivity contribution is 6.05. The van der Waals surface area contributed by atoms with Crippen LogP contribution in [0, 0.1) is 0 Å². The van der Waals surface area contributed by atoms with E-state index in [1.54, 1.807) is 24.3 Å². The smallest absolute Gasteiger partial charge is 0.256 e. The second kappa shape index (κ2) is 5.76. The van der Waals surface area contributed by atoms with E-state index in [1.807, 2.05) is 36.4 Å². The molecule has 1 heterocycles. The van der Waals surface area contributed by atoms with Crippen molar-refractivity contribution in [1.82, 2.24) is 0 Å². The molecule has 2 amide bonds. The summed E-state index contributed by atoms with van der Waals surface area (Å²) in [5, 5.41) is 5.42. The van der Waals surface area contributed by atoms with Crippen LogP contribution in [0.25, 0.3) is 0 Å². The molecule has 2 N–H and O–H groups in total. The van der Waals surface area contributed by atoms with Gasteiger partial charge in [0.15, 0.2) is 12.2 Å². The predicted octanol–water partition coefficient (Wildman–Crippen LogP) is 2.03. The lowest BCUT2D eigenvalue weighted by molar-refractivity contribution is -0.119. The van der Waals surface area contributed by atoms with Crippen molar-refractivity contribution >= 4 is 23.2 Å². The molecule has 0 aromatic heterocycles. The van der Waals surface area contributed by atoms with Crippen molar-refractivity contribution in [3.63, 3.8) is 0 Å². The van der Waals surface area contributed by atoms with Gasteiger partial charge < -0.3 is 15.4 Å². The number of nitrogens with one attached hydrogen (secondary N) is 2. The predicted molar refractivity (Wildman–Crippen MR) is 78.8 cm³/mol. The number of epoxide rings is 1. The monoisotopic (exact) mass is 282 g/mol. The Labute approximate surface area is 121 Å². The first-order valence-electron chi connectivity index (χ1n) is 6.61. The van der Waals surface area contributed by atoms with Crippen LogP contribution in [0.3, 0.4) is 0 Å². The van der Waals surface area contributed by atoms with Crippen LogP contribution in [0.5, 0.6) is 0 Å². The third-order valence-corrected chi connectivity index (χ3v) is 3.09. The van der Waals surface area contributed by atoms with Crippen molar-refractivity contribution in [3.8, 4) is 0 Å². The molecule has 0 aliphatic carbocycles. The minimum atomic E-state index is -0.728. The highest BCUT2D eigenvalue weighted by Crippen LogP contribution is 2.25. The number of anilines is 2. The van der Waals surface area contributed by atoms with E-state index >= 15 is 0 Å². The molecule has 5 heteroatoms. The molecule has 1 saturated heterocycles. The highest BCUT2D eigenvalue weighted by atomic mass is 16.6. The Morgan fingerprint density at radius 3 is 1.48 bits per heavy atom. The van der Waals surface area contributed by atoms with Crippen molar-refractivity contribution in [1.29, 1.82) is 0 Å². The Kier molecular flexibility index (Phi) is 3.66. The van der Waals surface area contributed by atoms with Crippen LogP contribution in [0.1, 0.15) is 0 Å². The van der Waals surface area contributed by atoms with Gasteiger partial charge in [0.25, 0.3) is 11.8 Å². The minimum Gasteiger partial charge on any atom is -0.349 e. The second-order valence-electron chi connectivity index (χ2n) is 4.69. The van der Waals surface area contributed by atoms with Gasteiger partial charge in [0, 0.05) is 11.4 Å². The third-order valence-electron chi connectivity index (χ3n) is 3.09. The molecule has 0 bridgehead atoms. The Hall–Kier alpha value is -2.66. The number of carbonyl (C=O) groups is 2. The van der Waals surface area contributed by atoms with E-state index in [-0.39, 0.29) is 11.8 Å². The number of para-hydroxylation sites is 2. The fourth-order valence-electron chi connectivity index (χ4n) is 1.98. The molecule has 0 saturated carbocycles. The van der Waals surface area contributed by atoms with Gasteiger partial charge in [-0.2, -0.15) is 0 Å². The molecule has 106 valence electrons. The van der Waals surface area contributed by atoms with Gasteiger partial charge in [0.1, 0.15) is 0 Å². The van der Waals surface area contributed by atoms with Crippen molar-refractivity contribution in [2.45, 2.75) is 12.2 Å². The average Bonchev–Trinajstić information content (AvgIpc) is 3.30. The quantitative estimate of drug-likeness (QED) is 0.843. The van der Waals surface area contributed by atoms with E-state index < -0.39 is 12.2 Å². The lowest BCUT2D eigenvalue weighted by atomic mass is 10.2. The molecular weight excluding hydrogens is 268 g/mol. The van der Waals surface area contributed by atoms with Crippen LogP contribution in [0.2, 0.25) is 0 Å². The molecule has 2 atom stereocenters. The molecule has 1 aliphatic heterocycles. The largest absolute Gasteiger partial charge is 0.349 e. The van der Waals surface area contributed by atoms with Crippen LogP contribution < -0.4 is 10.6 Å². The molecule has 5 nitrogen and oxygen atoms in total. The lowest BCUT2D eigenvalue weighted by Gasteiger charge is -2.03. The van der Waals surface area contributed by atoms with Gasteiger partial charge in [0.2, 0.25) is 0 Å². The molecule has 21 heavy (non-hydrogen) atoms. The van der Waals surface area contributed by atoms with Crippen LogP contribution in [-0.4, -0.2) is 24.0 Å². The summed E-state index contributed by atoms with van der Waals surface area (Å²) in [5.41, 5.74) is 1.36. The molecule has 1 fully saturated rings. The summed E-state index contributed by atoms with van der Waals surface area (Å²) in [6.45, 7) is 0. The van der Waals surface area contributed by atoms with E-state index in [2.05, 4.69) is 10.6 Å². The summed E-state index contributed by atoms with van der Waals surface area (Å²) in [5.74, 6) is -0.621. The summed E-state index contributed by atoms with van der Waals surface area (Å²) < 4.78 is 5.16. The molecule has 1 aliphatic rings. The van der Waals surface area contributed by atoms with Gasteiger partial charge in [-0.1, -0.05) is 36.4 Å². The van der Waals surface area contributed by atoms with Gasteiger partial charge >= 0.3 is 0 Å². The van der Waals surface area contributed by atoms with E-state index in [4.69, 9.17) is 4.74 Å². The van der Waals surface area contributed by atoms with Crippen molar-refractivity contribution in [2.75, 3.05) is 10.6 Å². The van der Waals surface area contributed by atoms with E-state index in [9.17, 15) is 9.59 Å². The Bertz CT molecular complexity index is 586. The van der Waals surface area contributed by atoms with E-state index in [0.717, 1.165) is 0 Å². The fraction of sp³-hybridized carbons (Fsp3) is 0.125. The Morgan fingerprint density at radius 1 is 0.714 bits per heavy atom. The van der Waals surface area contributed by atoms with Crippen LogP contribution in [-0.2, 0) is 14.3 Å². The summed E-state index contributed by atoms with van der Waals surface area (Å²) in [4.78, 5) is 23.9. The molecule has 0 radical (unpaired) electrons. The maximum atomic E-state index is 11.9. The van der Waals surface area contributed by atoms with Gasteiger partial charge in [-0.3, -0.25) is 9.59 Å². The zero-order valence-corrected chi connectivity index (χ0v) is 11.2. The summed E-state index contributed by atoms with van der Waals surface area (Å²) in [6, 6.07) is 18.1. The molecule has 0 spiro atoms. The number of hydrogen-bond donors (Lipinski definition) is 2. The van der Waals surface area contributed by atoms with Crippen molar-refractivity contribution in [3.05, 3.63) is 60.7 Å². The maximum absolute atomic E-state index is 11.9. The maximum Gasteiger partial charge on any atom is 0.256 e.